The van der Waals surface area contributed by atoms with Crippen molar-refractivity contribution in [2.75, 3.05) is 0 Å². The number of hydrogen-bond donors (Lipinski definition) is 1. The molecular weight excluding hydrogens is 208 g/mol. The quantitative estimate of drug-likeness (QED) is 0.628. The maximum atomic E-state index is 10.7. The molecule has 0 bridgehead atoms. The molecule has 1 N–H and O–H groups in total. The van der Waals surface area contributed by atoms with E-state index in [1.807, 2.05) is 6.07 Å². The minimum atomic E-state index is -0.0208. The first-order valence-corrected chi connectivity index (χ1v) is 5.31. The average molecular weight is 222 g/mol. The molecule has 0 aliphatic rings. The Hall–Kier alpha value is -1.22. The van der Waals surface area contributed by atoms with Crippen molar-refractivity contribution in [1.82, 2.24) is 0 Å². The molecule has 1 aromatic carbocycles. The predicted molar refractivity (Wildman–Crippen MR) is 64.8 cm³/mol. The van der Waals surface area contributed by atoms with Gasteiger partial charge < -0.3 is 5.11 Å². The normalized spacial score (nSPS) is 10.3. The number of aldehydes is 1. The first-order chi connectivity index (χ1) is 7.08. The van der Waals surface area contributed by atoms with Crippen LogP contribution >= 0.6 is 12.2 Å². The third-order valence-corrected chi connectivity index (χ3v) is 2.38. The smallest absolute Gasteiger partial charge is 0.153 e. The van der Waals surface area contributed by atoms with Gasteiger partial charge in [-0.05, 0) is 30.0 Å². The highest BCUT2D eigenvalue weighted by Gasteiger charge is 2.08. The SMILES string of the molecule is CC(C)Cc1cc(C=O)c(O)c(C=S)c1. The molecule has 0 heterocycles. The summed E-state index contributed by atoms with van der Waals surface area (Å²) in [4.78, 5) is 10.7. The first kappa shape index (κ1) is 11.9. The fraction of sp³-hybridized carbons (Fsp3) is 0.333. The Morgan fingerprint density at radius 2 is 2.00 bits per heavy atom. The summed E-state index contributed by atoms with van der Waals surface area (Å²) in [5, 5.41) is 11.0. The van der Waals surface area contributed by atoms with Crippen LogP contribution < -0.4 is 0 Å². The molecule has 0 aliphatic heterocycles. The molecule has 0 aromatic heterocycles. The van der Waals surface area contributed by atoms with E-state index in [0.717, 1.165) is 12.0 Å². The zero-order valence-corrected chi connectivity index (χ0v) is 9.67. The van der Waals surface area contributed by atoms with Crippen molar-refractivity contribution in [2.24, 2.45) is 5.92 Å². The molecule has 0 radical (unpaired) electrons. The van der Waals surface area contributed by atoms with E-state index in [1.54, 1.807) is 6.07 Å². The van der Waals surface area contributed by atoms with E-state index in [-0.39, 0.29) is 5.75 Å². The van der Waals surface area contributed by atoms with Crippen molar-refractivity contribution in [3.05, 3.63) is 28.8 Å². The number of aromatic hydroxyl groups is 1. The summed E-state index contributed by atoms with van der Waals surface area (Å²) in [6.07, 6.45) is 1.53. The summed E-state index contributed by atoms with van der Waals surface area (Å²) in [5.74, 6) is 0.486. The van der Waals surface area contributed by atoms with Gasteiger partial charge in [-0.3, -0.25) is 4.79 Å². The van der Waals surface area contributed by atoms with Crippen LogP contribution in [-0.2, 0) is 6.42 Å². The molecule has 80 valence electrons. The third-order valence-electron chi connectivity index (χ3n) is 2.13. The minimum Gasteiger partial charge on any atom is -0.507 e. The number of carbonyl (C=O) groups is 1. The molecule has 3 heteroatoms. The van der Waals surface area contributed by atoms with E-state index < -0.39 is 0 Å². The molecule has 1 rings (SSSR count). The fourth-order valence-corrected chi connectivity index (χ4v) is 1.69. The van der Waals surface area contributed by atoms with E-state index in [2.05, 4.69) is 13.8 Å². The van der Waals surface area contributed by atoms with E-state index >= 15 is 0 Å². The zero-order valence-electron chi connectivity index (χ0n) is 8.86. The Morgan fingerprint density at radius 3 is 2.47 bits per heavy atom. The summed E-state index contributed by atoms with van der Waals surface area (Å²) in [6, 6.07) is 3.54. The van der Waals surface area contributed by atoms with Crippen LogP contribution in [0.4, 0.5) is 0 Å². The van der Waals surface area contributed by atoms with Crippen molar-refractivity contribution in [2.45, 2.75) is 20.3 Å². The summed E-state index contributed by atoms with van der Waals surface area (Å²) >= 11 is 4.79. The number of hydrogen-bond acceptors (Lipinski definition) is 3. The van der Waals surface area contributed by atoms with Gasteiger partial charge in [-0.25, -0.2) is 0 Å². The summed E-state index contributed by atoms with van der Waals surface area (Å²) < 4.78 is 0. The van der Waals surface area contributed by atoms with Gasteiger partial charge in [-0.2, -0.15) is 0 Å². The second-order valence-corrected chi connectivity index (χ2v) is 4.19. The van der Waals surface area contributed by atoms with Gasteiger partial charge in [0.2, 0.25) is 0 Å². The van der Waals surface area contributed by atoms with Crippen molar-refractivity contribution < 1.29 is 9.90 Å². The Balaban J connectivity index is 3.20. The average Bonchev–Trinajstić information content (AvgIpc) is 2.19. The van der Waals surface area contributed by atoms with Crippen LogP contribution in [0.1, 0.15) is 35.3 Å². The van der Waals surface area contributed by atoms with E-state index in [4.69, 9.17) is 12.2 Å². The Kier molecular flexibility index (Phi) is 3.97. The molecule has 0 aliphatic carbocycles. The number of rotatable bonds is 4. The lowest BCUT2D eigenvalue weighted by Gasteiger charge is -2.09. The van der Waals surface area contributed by atoms with Gasteiger partial charge in [0, 0.05) is 10.9 Å². The molecular formula is C12H14O2S. The molecule has 0 amide bonds. The van der Waals surface area contributed by atoms with Crippen LogP contribution in [0.3, 0.4) is 0 Å². The Morgan fingerprint density at radius 1 is 1.40 bits per heavy atom. The van der Waals surface area contributed by atoms with Gasteiger partial charge in [0.25, 0.3) is 0 Å². The second kappa shape index (κ2) is 5.03. The molecule has 2 nitrogen and oxygen atoms in total. The first-order valence-electron chi connectivity index (χ1n) is 4.84. The van der Waals surface area contributed by atoms with Crippen molar-refractivity contribution >= 4 is 23.9 Å². The van der Waals surface area contributed by atoms with Crippen LogP contribution in [0.2, 0.25) is 0 Å². The summed E-state index contributed by atoms with van der Waals surface area (Å²) in [5.41, 5.74) is 1.88. The number of carbonyl (C=O) groups excluding carboxylic acids is 1. The molecule has 1 aromatic rings. The van der Waals surface area contributed by atoms with Gasteiger partial charge >= 0.3 is 0 Å². The van der Waals surface area contributed by atoms with Gasteiger partial charge in [0.05, 0.1) is 5.56 Å². The highest BCUT2D eigenvalue weighted by atomic mass is 32.1. The highest BCUT2D eigenvalue weighted by molar-refractivity contribution is 7.79. The lowest BCUT2D eigenvalue weighted by atomic mass is 9.98. The molecule has 0 fully saturated rings. The van der Waals surface area contributed by atoms with Crippen LogP contribution in [0.5, 0.6) is 5.75 Å². The highest BCUT2D eigenvalue weighted by Crippen LogP contribution is 2.23. The van der Waals surface area contributed by atoms with E-state index in [1.165, 1.54) is 5.37 Å². The van der Waals surface area contributed by atoms with Crippen LogP contribution in [-0.4, -0.2) is 16.8 Å². The van der Waals surface area contributed by atoms with Gasteiger partial charge in [-0.1, -0.05) is 26.1 Å². The van der Waals surface area contributed by atoms with Crippen LogP contribution in [0.25, 0.3) is 0 Å². The largest absolute Gasteiger partial charge is 0.507 e. The standard InChI is InChI=1S/C12H14O2S/c1-8(2)3-9-4-10(6-13)12(14)11(5-9)7-15/h4-8,14H,3H2,1-2H3. The lowest BCUT2D eigenvalue weighted by Crippen LogP contribution is -1.98. The zero-order chi connectivity index (χ0) is 11.4. The maximum absolute atomic E-state index is 10.7. The van der Waals surface area contributed by atoms with Crippen molar-refractivity contribution in [3.63, 3.8) is 0 Å². The topological polar surface area (TPSA) is 37.3 Å². The fourth-order valence-electron chi connectivity index (χ4n) is 1.51. The third kappa shape index (κ3) is 2.86. The van der Waals surface area contributed by atoms with E-state index in [0.29, 0.717) is 23.3 Å². The lowest BCUT2D eigenvalue weighted by molar-refractivity contribution is 0.112. The summed E-state index contributed by atoms with van der Waals surface area (Å²) in [6.45, 7) is 4.20. The van der Waals surface area contributed by atoms with E-state index in [9.17, 15) is 9.90 Å². The number of phenolic OH excluding ortho intramolecular Hbond substituents is 1. The molecule has 0 saturated heterocycles. The van der Waals surface area contributed by atoms with Gasteiger partial charge in [0.1, 0.15) is 5.75 Å². The molecule has 15 heavy (non-hydrogen) atoms. The second-order valence-electron chi connectivity index (χ2n) is 3.96. The van der Waals surface area contributed by atoms with Crippen molar-refractivity contribution in [1.29, 1.82) is 0 Å². The molecule has 0 atom stereocenters. The van der Waals surface area contributed by atoms with Crippen LogP contribution in [0, 0.1) is 5.92 Å². The number of thiocarbonyl (C=S) groups is 1. The Bertz CT molecular complexity index is 354. The number of phenols is 1. The Labute approximate surface area is 94.9 Å². The molecule has 0 saturated carbocycles. The monoisotopic (exact) mass is 222 g/mol. The van der Waals surface area contributed by atoms with Crippen molar-refractivity contribution in [3.8, 4) is 5.75 Å². The maximum Gasteiger partial charge on any atom is 0.153 e. The van der Waals surface area contributed by atoms with Gasteiger partial charge in [-0.15, -0.1) is 0 Å². The number of benzene rings is 1. The minimum absolute atomic E-state index is 0.0208. The summed E-state index contributed by atoms with van der Waals surface area (Å²) in [7, 11) is 0. The predicted octanol–water partition coefficient (Wildman–Crippen LogP) is 2.75. The van der Waals surface area contributed by atoms with Crippen LogP contribution in [0.15, 0.2) is 12.1 Å². The molecule has 0 spiro atoms. The molecule has 0 unspecified atom stereocenters. The van der Waals surface area contributed by atoms with Gasteiger partial charge in [0.15, 0.2) is 6.29 Å².